The Kier molecular flexibility index (Phi) is 7.06. The van der Waals surface area contributed by atoms with Gasteiger partial charge >= 0.3 is 5.97 Å². The Bertz CT molecular complexity index is 341. The maximum absolute atomic E-state index is 11.6. The minimum Gasteiger partial charge on any atom is -0.481 e. The number of ether oxygens (including phenoxy) is 1. The molecule has 7 nitrogen and oxygen atoms in total. The van der Waals surface area contributed by atoms with Gasteiger partial charge in [-0.15, -0.1) is 0 Å². The highest BCUT2D eigenvalue weighted by Crippen LogP contribution is 2.20. The Morgan fingerprint density at radius 2 is 1.89 bits per heavy atom. The van der Waals surface area contributed by atoms with Crippen LogP contribution in [0.2, 0.25) is 0 Å². The van der Waals surface area contributed by atoms with E-state index in [9.17, 15) is 14.4 Å². The first-order valence-corrected chi connectivity index (χ1v) is 6.00. The zero-order chi connectivity index (χ0) is 15.1. The Hall–Kier alpha value is -1.63. The molecule has 19 heavy (non-hydrogen) atoms. The molecule has 0 aromatic carbocycles. The summed E-state index contributed by atoms with van der Waals surface area (Å²) >= 11 is 0. The molecule has 0 radical (unpaired) electrons. The van der Waals surface area contributed by atoms with Crippen molar-refractivity contribution in [2.24, 2.45) is 5.41 Å². The molecule has 1 atom stereocenters. The Morgan fingerprint density at radius 1 is 1.32 bits per heavy atom. The Balaban J connectivity index is 4.18. The van der Waals surface area contributed by atoms with Gasteiger partial charge in [0.15, 0.2) is 0 Å². The number of methoxy groups -OCH3 is 1. The van der Waals surface area contributed by atoms with Crippen LogP contribution in [0.3, 0.4) is 0 Å². The molecule has 2 amide bonds. The molecule has 0 saturated carbocycles. The van der Waals surface area contributed by atoms with E-state index in [1.165, 1.54) is 27.9 Å². The number of amides is 2. The topological polar surface area (TPSA) is 105 Å². The second kappa shape index (κ2) is 7.73. The molecule has 3 N–H and O–H groups in total. The number of hydrogen-bond donors (Lipinski definition) is 3. The van der Waals surface area contributed by atoms with Crippen molar-refractivity contribution in [2.75, 3.05) is 20.3 Å². The number of carboxylic acids is 1. The first-order valence-electron chi connectivity index (χ1n) is 6.00. The van der Waals surface area contributed by atoms with E-state index >= 15 is 0 Å². The lowest BCUT2D eigenvalue weighted by Gasteiger charge is -2.20. The summed E-state index contributed by atoms with van der Waals surface area (Å²) in [6, 6.07) is -0.714. The molecule has 0 aromatic heterocycles. The van der Waals surface area contributed by atoms with Crippen LogP contribution in [0.15, 0.2) is 0 Å². The van der Waals surface area contributed by atoms with Crippen molar-refractivity contribution in [1.82, 2.24) is 10.6 Å². The second-order valence-electron chi connectivity index (χ2n) is 4.94. The molecule has 0 fully saturated rings. The molecule has 0 aliphatic rings. The van der Waals surface area contributed by atoms with Crippen LogP contribution in [-0.2, 0) is 19.1 Å². The maximum Gasteiger partial charge on any atom is 0.309 e. The number of nitrogens with one attached hydrogen (secondary N) is 2. The van der Waals surface area contributed by atoms with Crippen LogP contribution in [0.25, 0.3) is 0 Å². The van der Waals surface area contributed by atoms with Crippen molar-refractivity contribution in [3.8, 4) is 0 Å². The molecule has 7 heteroatoms. The summed E-state index contributed by atoms with van der Waals surface area (Å²) in [7, 11) is 1.52. The quantitative estimate of drug-likeness (QED) is 0.530. The van der Waals surface area contributed by atoms with Gasteiger partial charge < -0.3 is 20.5 Å². The van der Waals surface area contributed by atoms with Gasteiger partial charge in [-0.25, -0.2) is 0 Å². The first-order chi connectivity index (χ1) is 8.70. The summed E-state index contributed by atoms with van der Waals surface area (Å²) in [5, 5.41) is 13.9. The smallest absolute Gasteiger partial charge is 0.309 e. The fourth-order valence-corrected chi connectivity index (χ4v) is 1.26. The van der Waals surface area contributed by atoms with Crippen LogP contribution < -0.4 is 10.6 Å². The van der Waals surface area contributed by atoms with Crippen molar-refractivity contribution in [2.45, 2.75) is 33.2 Å². The fraction of sp³-hybridized carbons (Fsp3) is 0.750. The summed E-state index contributed by atoms with van der Waals surface area (Å²) < 4.78 is 4.78. The second-order valence-corrected chi connectivity index (χ2v) is 4.94. The Morgan fingerprint density at radius 3 is 2.37 bits per heavy atom. The van der Waals surface area contributed by atoms with Gasteiger partial charge in [0.05, 0.1) is 12.0 Å². The monoisotopic (exact) mass is 274 g/mol. The first kappa shape index (κ1) is 17.4. The van der Waals surface area contributed by atoms with Gasteiger partial charge in [0.25, 0.3) is 0 Å². The predicted octanol–water partition coefficient (Wildman–Crippen LogP) is -0.245. The molecule has 0 saturated heterocycles. The number of hydrogen-bond acceptors (Lipinski definition) is 4. The summed E-state index contributed by atoms with van der Waals surface area (Å²) in [6.45, 7) is 5.19. The lowest BCUT2D eigenvalue weighted by molar-refractivity contribution is -0.149. The van der Waals surface area contributed by atoms with Crippen molar-refractivity contribution >= 4 is 17.8 Å². The molecule has 0 heterocycles. The van der Waals surface area contributed by atoms with Gasteiger partial charge in [-0.05, 0) is 20.8 Å². The highest BCUT2D eigenvalue weighted by molar-refractivity contribution is 5.89. The standard InChI is InChI=1S/C12H22N2O5/c1-8(10(16)13-5-6-19-4)14-9(15)7-12(2,3)11(17)18/h8H,5-7H2,1-4H3,(H,13,16)(H,14,15)(H,17,18). The van der Waals surface area contributed by atoms with E-state index in [0.29, 0.717) is 13.2 Å². The van der Waals surface area contributed by atoms with Crippen LogP contribution in [0.4, 0.5) is 0 Å². The van der Waals surface area contributed by atoms with Gasteiger partial charge in [-0.2, -0.15) is 0 Å². The third kappa shape index (κ3) is 6.76. The largest absolute Gasteiger partial charge is 0.481 e. The molecule has 0 bridgehead atoms. The fourth-order valence-electron chi connectivity index (χ4n) is 1.26. The SMILES string of the molecule is COCCNC(=O)C(C)NC(=O)CC(C)(C)C(=O)O. The number of rotatable bonds is 8. The van der Waals surface area contributed by atoms with E-state index in [1.807, 2.05) is 0 Å². The van der Waals surface area contributed by atoms with Crippen LogP contribution in [0, 0.1) is 5.41 Å². The summed E-state index contributed by atoms with van der Waals surface area (Å²) in [5.74, 6) is -1.86. The van der Waals surface area contributed by atoms with Crippen LogP contribution in [0.5, 0.6) is 0 Å². The van der Waals surface area contributed by atoms with E-state index in [-0.39, 0.29) is 12.3 Å². The zero-order valence-electron chi connectivity index (χ0n) is 11.8. The minimum atomic E-state index is -1.16. The highest BCUT2D eigenvalue weighted by atomic mass is 16.5. The highest BCUT2D eigenvalue weighted by Gasteiger charge is 2.31. The summed E-state index contributed by atoms with van der Waals surface area (Å²) in [4.78, 5) is 34.1. The van der Waals surface area contributed by atoms with Crippen molar-refractivity contribution < 1.29 is 24.2 Å². The average molecular weight is 274 g/mol. The minimum absolute atomic E-state index is 0.183. The number of carbonyl (C=O) groups excluding carboxylic acids is 2. The molecule has 1 unspecified atom stereocenters. The summed E-state index contributed by atoms with van der Waals surface area (Å²) in [6.07, 6.45) is -0.183. The predicted molar refractivity (Wildman–Crippen MR) is 68.5 cm³/mol. The molecule has 0 aromatic rings. The zero-order valence-corrected chi connectivity index (χ0v) is 11.8. The molecule has 0 aliphatic heterocycles. The summed E-state index contributed by atoms with van der Waals surface area (Å²) in [5.41, 5.74) is -1.16. The van der Waals surface area contributed by atoms with E-state index in [4.69, 9.17) is 9.84 Å². The van der Waals surface area contributed by atoms with Gasteiger partial charge in [0.1, 0.15) is 6.04 Å². The van der Waals surface area contributed by atoms with Gasteiger partial charge in [0, 0.05) is 20.1 Å². The Labute approximate surface area is 112 Å². The number of carbonyl (C=O) groups is 3. The van der Waals surface area contributed by atoms with E-state index in [2.05, 4.69) is 10.6 Å². The van der Waals surface area contributed by atoms with Crippen molar-refractivity contribution in [3.63, 3.8) is 0 Å². The van der Waals surface area contributed by atoms with E-state index < -0.39 is 23.3 Å². The molecule has 0 spiro atoms. The van der Waals surface area contributed by atoms with Gasteiger partial charge in [0.2, 0.25) is 11.8 Å². The van der Waals surface area contributed by atoms with Crippen LogP contribution in [-0.4, -0.2) is 49.2 Å². The van der Waals surface area contributed by atoms with E-state index in [1.54, 1.807) is 0 Å². The van der Waals surface area contributed by atoms with E-state index in [0.717, 1.165) is 0 Å². The van der Waals surface area contributed by atoms with Crippen molar-refractivity contribution in [3.05, 3.63) is 0 Å². The molecule has 110 valence electrons. The van der Waals surface area contributed by atoms with Crippen LogP contribution >= 0.6 is 0 Å². The molecule has 0 aliphatic carbocycles. The lowest BCUT2D eigenvalue weighted by atomic mass is 9.89. The molecular formula is C12H22N2O5. The molecular weight excluding hydrogens is 252 g/mol. The van der Waals surface area contributed by atoms with Crippen LogP contribution in [0.1, 0.15) is 27.2 Å². The normalized spacial score (nSPS) is 12.6. The third-order valence-corrected chi connectivity index (χ3v) is 2.56. The van der Waals surface area contributed by atoms with Gasteiger partial charge in [-0.3, -0.25) is 14.4 Å². The number of aliphatic carboxylic acids is 1. The third-order valence-electron chi connectivity index (χ3n) is 2.56. The average Bonchev–Trinajstić information content (AvgIpc) is 2.27. The van der Waals surface area contributed by atoms with Crippen molar-refractivity contribution in [1.29, 1.82) is 0 Å². The maximum atomic E-state index is 11.6. The molecule has 0 rings (SSSR count). The number of carboxylic acid groups (broad SMARTS) is 1. The van der Waals surface area contributed by atoms with Gasteiger partial charge in [-0.1, -0.05) is 0 Å². The lowest BCUT2D eigenvalue weighted by Crippen LogP contribution is -2.46.